The molecule has 1 aliphatic carbocycles. The molecule has 0 unspecified atom stereocenters. The van der Waals surface area contributed by atoms with Crippen LogP contribution in [0.5, 0.6) is 5.75 Å². The Morgan fingerprint density at radius 3 is 2.75 bits per heavy atom. The SMILES string of the molecule is N#Cc1c(OC2CC2)ccnc1S(N)(=O)=O. The molecule has 84 valence electrons. The number of primary sulfonamides is 1. The summed E-state index contributed by atoms with van der Waals surface area (Å²) in [6.07, 6.45) is 3.16. The van der Waals surface area contributed by atoms with Gasteiger partial charge in [-0.3, -0.25) is 0 Å². The second kappa shape index (κ2) is 3.73. The average molecular weight is 239 g/mol. The van der Waals surface area contributed by atoms with Gasteiger partial charge >= 0.3 is 0 Å². The van der Waals surface area contributed by atoms with E-state index in [1.807, 2.05) is 0 Å². The summed E-state index contributed by atoms with van der Waals surface area (Å²) in [5.41, 5.74) is -0.128. The van der Waals surface area contributed by atoms with Crippen LogP contribution in [0.2, 0.25) is 0 Å². The standard InChI is InChI=1S/C9H9N3O3S/c10-5-7-8(15-6-1-2-6)3-4-12-9(7)16(11,13)14/h3-4,6H,1-2H2,(H2,11,13,14). The van der Waals surface area contributed by atoms with Crippen molar-refractivity contribution in [2.45, 2.75) is 24.0 Å². The molecule has 16 heavy (non-hydrogen) atoms. The maximum absolute atomic E-state index is 11.2. The first-order chi connectivity index (χ1) is 7.52. The quantitative estimate of drug-likeness (QED) is 0.807. The third-order valence-corrected chi connectivity index (χ3v) is 2.93. The molecule has 0 amide bonds. The van der Waals surface area contributed by atoms with Gasteiger partial charge in [0.25, 0.3) is 10.0 Å². The fourth-order valence-electron chi connectivity index (χ4n) is 1.21. The van der Waals surface area contributed by atoms with Crippen molar-refractivity contribution in [2.75, 3.05) is 0 Å². The smallest absolute Gasteiger partial charge is 0.257 e. The van der Waals surface area contributed by atoms with Crippen LogP contribution < -0.4 is 9.88 Å². The largest absolute Gasteiger partial charge is 0.489 e. The Bertz CT molecular complexity index is 558. The van der Waals surface area contributed by atoms with E-state index in [1.54, 1.807) is 6.07 Å². The van der Waals surface area contributed by atoms with E-state index in [1.165, 1.54) is 12.3 Å². The van der Waals surface area contributed by atoms with Crippen molar-refractivity contribution >= 4 is 10.0 Å². The van der Waals surface area contributed by atoms with Crippen LogP contribution in [0.25, 0.3) is 0 Å². The molecule has 1 heterocycles. The molecule has 0 radical (unpaired) electrons. The van der Waals surface area contributed by atoms with Gasteiger partial charge in [0.2, 0.25) is 0 Å². The molecule has 1 fully saturated rings. The van der Waals surface area contributed by atoms with Gasteiger partial charge < -0.3 is 4.74 Å². The molecular formula is C9H9N3O3S. The first kappa shape index (κ1) is 10.9. The van der Waals surface area contributed by atoms with Crippen molar-refractivity contribution in [2.24, 2.45) is 5.14 Å². The summed E-state index contributed by atoms with van der Waals surface area (Å²) in [6, 6.07) is 3.22. The molecule has 2 rings (SSSR count). The van der Waals surface area contributed by atoms with Crippen molar-refractivity contribution in [1.82, 2.24) is 4.98 Å². The van der Waals surface area contributed by atoms with Gasteiger partial charge in [-0.1, -0.05) is 0 Å². The van der Waals surface area contributed by atoms with Gasteiger partial charge in [-0.2, -0.15) is 5.26 Å². The number of nitrogens with zero attached hydrogens (tertiary/aromatic N) is 2. The zero-order chi connectivity index (χ0) is 11.8. The summed E-state index contributed by atoms with van der Waals surface area (Å²) in [6.45, 7) is 0. The molecule has 2 N–H and O–H groups in total. The normalized spacial score (nSPS) is 15.5. The van der Waals surface area contributed by atoms with Crippen LogP contribution in [0.1, 0.15) is 18.4 Å². The Kier molecular flexibility index (Phi) is 2.53. The summed E-state index contributed by atoms with van der Waals surface area (Å²) in [7, 11) is -4.00. The molecule has 0 aliphatic heterocycles. The number of pyridine rings is 1. The van der Waals surface area contributed by atoms with Gasteiger partial charge in [-0.15, -0.1) is 0 Å². The topological polar surface area (TPSA) is 106 Å². The Hall–Kier alpha value is -1.65. The minimum absolute atomic E-state index is 0.0721. The van der Waals surface area contributed by atoms with E-state index in [0.717, 1.165) is 12.8 Å². The van der Waals surface area contributed by atoms with Crippen molar-refractivity contribution in [1.29, 1.82) is 5.26 Å². The minimum Gasteiger partial charge on any atom is -0.489 e. The first-order valence-corrected chi connectivity index (χ1v) is 6.15. The van der Waals surface area contributed by atoms with Crippen molar-refractivity contribution in [3.63, 3.8) is 0 Å². The van der Waals surface area contributed by atoms with Gasteiger partial charge in [-0.05, 0) is 18.9 Å². The Morgan fingerprint density at radius 1 is 1.56 bits per heavy atom. The van der Waals surface area contributed by atoms with E-state index in [2.05, 4.69) is 4.98 Å². The fraction of sp³-hybridized carbons (Fsp3) is 0.333. The number of nitriles is 1. The number of hydrogen-bond donors (Lipinski definition) is 1. The molecular weight excluding hydrogens is 230 g/mol. The highest BCUT2D eigenvalue weighted by atomic mass is 32.2. The Morgan fingerprint density at radius 2 is 2.25 bits per heavy atom. The lowest BCUT2D eigenvalue weighted by Crippen LogP contribution is -2.16. The predicted octanol–water partition coefficient (Wildman–Crippen LogP) is 0.142. The average Bonchev–Trinajstić information content (AvgIpc) is 3.00. The summed E-state index contributed by atoms with van der Waals surface area (Å²) < 4.78 is 27.8. The van der Waals surface area contributed by atoms with Crippen LogP contribution in [-0.4, -0.2) is 19.5 Å². The summed E-state index contributed by atoms with van der Waals surface area (Å²) >= 11 is 0. The first-order valence-electron chi connectivity index (χ1n) is 4.61. The number of aromatic nitrogens is 1. The summed E-state index contributed by atoms with van der Waals surface area (Å²) in [5, 5.41) is 13.4. The molecule has 0 spiro atoms. The predicted molar refractivity (Wildman–Crippen MR) is 54.0 cm³/mol. The molecule has 1 saturated carbocycles. The molecule has 1 aliphatic rings. The van der Waals surface area contributed by atoms with E-state index in [0.29, 0.717) is 0 Å². The number of rotatable bonds is 3. The maximum atomic E-state index is 11.2. The molecule has 1 aromatic rings. The zero-order valence-corrected chi connectivity index (χ0v) is 9.07. The third-order valence-electron chi connectivity index (χ3n) is 2.08. The summed E-state index contributed by atoms with van der Waals surface area (Å²) in [5.74, 6) is 0.226. The van der Waals surface area contributed by atoms with Crippen molar-refractivity contribution in [3.8, 4) is 11.8 Å². The maximum Gasteiger partial charge on any atom is 0.257 e. The van der Waals surface area contributed by atoms with Crippen LogP contribution in [0.15, 0.2) is 17.3 Å². The number of nitrogens with two attached hydrogens (primary N) is 1. The van der Waals surface area contributed by atoms with Gasteiger partial charge in [0, 0.05) is 6.20 Å². The summed E-state index contributed by atoms with van der Waals surface area (Å²) in [4.78, 5) is 3.59. The number of ether oxygens (including phenoxy) is 1. The van der Waals surface area contributed by atoms with Gasteiger partial charge in [0.05, 0.1) is 6.10 Å². The lowest BCUT2D eigenvalue weighted by atomic mass is 10.3. The third kappa shape index (κ3) is 2.13. The molecule has 0 aromatic carbocycles. The van der Waals surface area contributed by atoms with E-state index in [9.17, 15) is 8.42 Å². The highest BCUT2D eigenvalue weighted by molar-refractivity contribution is 7.89. The van der Waals surface area contributed by atoms with Crippen LogP contribution in [0.3, 0.4) is 0 Å². The molecule has 0 atom stereocenters. The monoisotopic (exact) mass is 239 g/mol. The van der Waals surface area contributed by atoms with Gasteiger partial charge in [0.1, 0.15) is 17.4 Å². The lowest BCUT2D eigenvalue weighted by Gasteiger charge is -2.07. The second-order valence-corrected chi connectivity index (χ2v) is 4.94. The Labute approximate surface area is 92.7 Å². The van der Waals surface area contributed by atoms with Crippen LogP contribution in [-0.2, 0) is 10.0 Å². The zero-order valence-electron chi connectivity index (χ0n) is 8.25. The van der Waals surface area contributed by atoms with Crippen LogP contribution in [0, 0.1) is 11.3 Å². The van der Waals surface area contributed by atoms with E-state index >= 15 is 0 Å². The lowest BCUT2D eigenvalue weighted by molar-refractivity contribution is 0.301. The van der Waals surface area contributed by atoms with Gasteiger partial charge in [0.15, 0.2) is 5.03 Å². The molecule has 7 heteroatoms. The highest BCUT2D eigenvalue weighted by Crippen LogP contribution is 2.30. The van der Waals surface area contributed by atoms with E-state index < -0.39 is 15.0 Å². The van der Waals surface area contributed by atoms with Crippen LogP contribution in [0.4, 0.5) is 0 Å². The molecule has 6 nitrogen and oxygen atoms in total. The molecule has 1 aromatic heterocycles. The van der Waals surface area contributed by atoms with Crippen LogP contribution >= 0.6 is 0 Å². The fourth-order valence-corrected chi connectivity index (χ4v) is 1.85. The molecule has 0 bridgehead atoms. The Balaban J connectivity index is 2.50. The van der Waals surface area contributed by atoms with E-state index in [4.69, 9.17) is 15.1 Å². The van der Waals surface area contributed by atoms with Crippen molar-refractivity contribution < 1.29 is 13.2 Å². The van der Waals surface area contributed by atoms with Gasteiger partial charge in [-0.25, -0.2) is 18.5 Å². The van der Waals surface area contributed by atoms with Crippen molar-refractivity contribution in [3.05, 3.63) is 17.8 Å². The molecule has 0 saturated heterocycles. The number of sulfonamides is 1. The second-order valence-electron chi connectivity index (χ2n) is 3.46. The highest BCUT2D eigenvalue weighted by Gasteiger charge is 2.27. The number of hydrogen-bond acceptors (Lipinski definition) is 5. The van der Waals surface area contributed by atoms with E-state index in [-0.39, 0.29) is 17.4 Å². The minimum atomic E-state index is -4.00.